The molecule has 2 nitrogen and oxygen atoms in total. The van der Waals surface area contributed by atoms with Crippen LogP contribution in [0.4, 0.5) is 0 Å². The average molecular weight is 174 g/mol. The average Bonchev–Trinajstić information content (AvgIpc) is 2.09. The Morgan fingerprint density at radius 2 is 1.92 bits per heavy atom. The molecule has 2 heteroatoms. The first-order valence-corrected chi connectivity index (χ1v) is 4.99. The topological polar surface area (TPSA) is 29.5 Å². The van der Waals surface area contributed by atoms with Crippen LogP contribution in [0.15, 0.2) is 0 Å². The van der Waals surface area contributed by atoms with Crippen LogP contribution in [0.2, 0.25) is 0 Å². The highest BCUT2D eigenvalue weighted by Gasteiger charge is 2.00. The van der Waals surface area contributed by atoms with Gasteiger partial charge >= 0.3 is 0 Å². The summed E-state index contributed by atoms with van der Waals surface area (Å²) in [6.45, 7) is 6.30. The van der Waals surface area contributed by atoms with Gasteiger partial charge < -0.3 is 9.84 Å². The van der Waals surface area contributed by atoms with Crippen LogP contribution in [0.25, 0.3) is 0 Å². The number of ether oxygens (including phenoxy) is 1. The molecule has 0 bridgehead atoms. The summed E-state index contributed by atoms with van der Waals surface area (Å²) in [5.41, 5.74) is 0. The molecule has 0 aromatic heterocycles. The zero-order chi connectivity index (χ0) is 9.23. The zero-order valence-electron chi connectivity index (χ0n) is 8.38. The Balaban J connectivity index is 3.02. The quantitative estimate of drug-likeness (QED) is 0.572. The lowest BCUT2D eigenvalue weighted by Crippen LogP contribution is -2.00. The number of aliphatic hydroxyl groups is 1. The maximum absolute atomic E-state index is 8.60. The van der Waals surface area contributed by atoms with Crippen molar-refractivity contribution in [3.63, 3.8) is 0 Å². The van der Waals surface area contributed by atoms with Crippen LogP contribution in [0, 0.1) is 5.92 Å². The van der Waals surface area contributed by atoms with Crippen molar-refractivity contribution in [2.45, 2.75) is 39.5 Å². The number of hydrogen-bond donors (Lipinski definition) is 1. The van der Waals surface area contributed by atoms with Gasteiger partial charge in [-0.1, -0.05) is 6.92 Å². The van der Waals surface area contributed by atoms with Crippen LogP contribution in [0.5, 0.6) is 0 Å². The van der Waals surface area contributed by atoms with E-state index in [9.17, 15) is 0 Å². The highest BCUT2D eigenvalue weighted by atomic mass is 16.5. The molecular weight excluding hydrogens is 152 g/mol. The summed E-state index contributed by atoms with van der Waals surface area (Å²) >= 11 is 0. The first-order chi connectivity index (χ1) is 5.81. The molecule has 0 saturated heterocycles. The van der Waals surface area contributed by atoms with Gasteiger partial charge in [0.1, 0.15) is 0 Å². The zero-order valence-corrected chi connectivity index (χ0v) is 8.38. The van der Waals surface area contributed by atoms with Crippen LogP contribution in [-0.4, -0.2) is 24.9 Å². The van der Waals surface area contributed by atoms with Crippen molar-refractivity contribution >= 4 is 0 Å². The smallest absolute Gasteiger partial charge is 0.0465 e. The van der Waals surface area contributed by atoms with Crippen LogP contribution in [0.3, 0.4) is 0 Å². The molecule has 12 heavy (non-hydrogen) atoms. The fourth-order valence-corrected chi connectivity index (χ4v) is 1.26. The van der Waals surface area contributed by atoms with Gasteiger partial charge in [-0.05, 0) is 38.5 Å². The fourth-order valence-electron chi connectivity index (χ4n) is 1.26. The van der Waals surface area contributed by atoms with E-state index in [1.54, 1.807) is 0 Å². The van der Waals surface area contributed by atoms with Crippen molar-refractivity contribution in [2.75, 3.05) is 19.8 Å². The van der Waals surface area contributed by atoms with Crippen molar-refractivity contribution in [2.24, 2.45) is 5.92 Å². The Morgan fingerprint density at radius 3 is 2.50 bits per heavy atom. The van der Waals surface area contributed by atoms with E-state index in [0.717, 1.165) is 38.4 Å². The highest BCUT2D eigenvalue weighted by Crippen LogP contribution is 2.11. The van der Waals surface area contributed by atoms with Gasteiger partial charge in [-0.25, -0.2) is 0 Å². The van der Waals surface area contributed by atoms with Crippen LogP contribution < -0.4 is 0 Å². The van der Waals surface area contributed by atoms with E-state index in [1.165, 1.54) is 6.42 Å². The minimum atomic E-state index is 0.329. The van der Waals surface area contributed by atoms with Gasteiger partial charge in [-0.3, -0.25) is 0 Å². The van der Waals surface area contributed by atoms with Crippen molar-refractivity contribution < 1.29 is 9.84 Å². The molecule has 1 atom stereocenters. The Kier molecular flexibility index (Phi) is 8.95. The van der Waals surface area contributed by atoms with Gasteiger partial charge in [0.2, 0.25) is 0 Å². The number of hydrogen-bond acceptors (Lipinski definition) is 2. The predicted octanol–water partition coefficient (Wildman–Crippen LogP) is 2.21. The van der Waals surface area contributed by atoms with Gasteiger partial charge in [-0.15, -0.1) is 0 Å². The molecule has 0 saturated carbocycles. The second-order valence-electron chi connectivity index (χ2n) is 3.31. The molecular formula is C10H22O2. The SMILES string of the molecule is CCOCCCC(C)CCCO. The van der Waals surface area contributed by atoms with E-state index in [0.29, 0.717) is 6.61 Å². The van der Waals surface area contributed by atoms with E-state index in [2.05, 4.69) is 6.92 Å². The Bertz CT molecular complexity index is 83.9. The van der Waals surface area contributed by atoms with Crippen LogP contribution >= 0.6 is 0 Å². The second kappa shape index (κ2) is 9.01. The highest BCUT2D eigenvalue weighted by molar-refractivity contribution is 4.52. The van der Waals surface area contributed by atoms with E-state index in [1.807, 2.05) is 6.92 Å². The standard InChI is InChI=1S/C10H22O2/c1-3-12-9-5-7-10(2)6-4-8-11/h10-11H,3-9H2,1-2H3. The summed E-state index contributed by atoms with van der Waals surface area (Å²) in [6, 6.07) is 0. The molecule has 1 unspecified atom stereocenters. The summed E-state index contributed by atoms with van der Waals surface area (Å²) in [5.74, 6) is 0.734. The lowest BCUT2D eigenvalue weighted by Gasteiger charge is -2.09. The minimum Gasteiger partial charge on any atom is -0.396 e. The molecule has 0 radical (unpaired) electrons. The molecule has 0 aliphatic heterocycles. The summed E-state index contributed by atoms with van der Waals surface area (Å²) in [5, 5.41) is 8.60. The minimum absolute atomic E-state index is 0.329. The van der Waals surface area contributed by atoms with Gasteiger partial charge in [0.25, 0.3) is 0 Å². The number of rotatable bonds is 8. The van der Waals surface area contributed by atoms with E-state index in [-0.39, 0.29) is 0 Å². The van der Waals surface area contributed by atoms with Crippen molar-refractivity contribution in [3.05, 3.63) is 0 Å². The summed E-state index contributed by atoms with van der Waals surface area (Å²) < 4.78 is 5.24. The molecule has 0 rings (SSSR count). The van der Waals surface area contributed by atoms with E-state index < -0.39 is 0 Å². The first kappa shape index (κ1) is 11.9. The van der Waals surface area contributed by atoms with Crippen molar-refractivity contribution in [1.82, 2.24) is 0 Å². The third-order valence-electron chi connectivity index (χ3n) is 2.04. The maximum atomic E-state index is 8.60. The molecule has 0 aromatic rings. The summed E-state index contributed by atoms with van der Waals surface area (Å²) in [6.07, 6.45) is 4.46. The van der Waals surface area contributed by atoms with Crippen molar-refractivity contribution in [3.8, 4) is 0 Å². The molecule has 0 spiro atoms. The second-order valence-corrected chi connectivity index (χ2v) is 3.31. The van der Waals surface area contributed by atoms with E-state index in [4.69, 9.17) is 9.84 Å². The van der Waals surface area contributed by atoms with Crippen LogP contribution in [-0.2, 0) is 4.74 Å². The Hall–Kier alpha value is -0.0800. The van der Waals surface area contributed by atoms with Gasteiger partial charge in [0, 0.05) is 19.8 Å². The Morgan fingerprint density at radius 1 is 1.25 bits per heavy atom. The molecule has 0 amide bonds. The van der Waals surface area contributed by atoms with Gasteiger partial charge in [0.15, 0.2) is 0 Å². The van der Waals surface area contributed by atoms with Gasteiger partial charge in [0.05, 0.1) is 0 Å². The summed E-state index contributed by atoms with van der Waals surface area (Å²) in [7, 11) is 0. The molecule has 1 N–H and O–H groups in total. The lowest BCUT2D eigenvalue weighted by atomic mass is 10.0. The Labute approximate surface area is 75.9 Å². The third kappa shape index (κ3) is 8.02. The van der Waals surface area contributed by atoms with Crippen molar-refractivity contribution in [1.29, 1.82) is 0 Å². The van der Waals surface area contributed by atoms with Gasteiger partial charge in [-0.2, -0.15) is 0 Å². The molecule has 74 valence electrons. The monoisotopic (exact) mass is 174 g/mol. The molecule has 0 heterocycles. The van der Waals surface area contributed by atoms with E-state index >= 15 is 0 Å². The maximum Gasteiger partial charge on any atom is 0.0465 e. The summed E-state index contributed by atoms with van der Waals surface area (Å²) in [4.78, 5) is 0. The molecule has 0 aromatic carbocycles. The predicted molar refractivity (Wildman–Crippen MR) is 51.2 cm³/mol. The van der Waals surface area contributed by atoms with Crippen LogP contribution in [0.1, 0.15) is 39.5 Å². The lowest BCUT2D eigenvalue weighted by molar-refractivity contribution is 0.139. The molecule has 0 aliphatic carbocycles. The molecule has 0 aliphatic rings. The molecule has 0 fully saturated rings. The normalized spacial score (nSPS) is 13.2. The fraction of sp³-hybridized carbons (Fsp3) is 1.00. The largest absolute Gasteiger partial charge is 0.396 e. The first-order valence-electron chi connectivity index (χ1n) is 4.99. The number of aliphatic hydroxyl groups excluding tert-OH is 1. The third-order valence-corrected chi connectivity index (χ3v) is 2.04.